The van der Waals surface area contributed by atoms with Gasteiger partial charge in [-0.1, -0.05) is 12.1 Å². The van der Waals surface area contributed by atoms with E-state index in [0.29, 0.717) is 0 Å². The average Bonchev–Trinajstić information content (AvgIpc) is 2.67. The third-order valence-electron chi connectivity index (χ3n) is 2.02. The van der Waals surface area contributed by atoms with Crippen molar-refractivity contribution in [3.63, 3.8) is 0 Å². The van der Waals surface area contributed by atoms with Gasteiger partial charge < -0.3 is 5.11 Å². The number of hydrogen-bond acceptors (Lipinski definition) is 3. The molecular formula is C10H11N3O. The van der Waals surface area contributed by atoms with Gasteiger partial charge in [-0.2, -0.15) is 0 Å². The lowest BCUT2D eigenvalue weighted by Gasteiger charge is -1.98. The van der Waals surface area contributed by atoms with Crippen LogP contribution in [0.2, 0.25) is 0 Å². The highest BCUT2D eigenvalue weighted by molar-refractivity contribution is 5.35. The molecule has 4 heteroatoms. The van der Waals surface area contributed by atoms with E-state index >= 15 is 0 Å². The van der Waals surface area contributed by atoms with Crippen LogP contribution in [0.25, 0.3) is 5.69 Å². The van der Waals surface area contributed by atoms with Crippen molar-refractivity contribution in [3.05, 3.63) is 36.2 Å². The number of nitrogens with zero attached hydrogens (tertiary/aromatic N) is 3. The number of aromatic hydroxyl groups is 1. The summed E-state index contributed by atoms with van der Waals surface area (Å²) in [5.74, 6) is 0.254. The van der Waals surface area contributed by atoms with Gasteiger partial charge in [0.15, 0.2) is 0 Å². The van der Waals surface area contributed by atoms with Crippen molar-refractivity contribution in [1.82, 2.24) is 15.0 Å². The van der Waals surface area contributed by atoms with Gasteiger partial charge in [0.1, 0.15) is 5.75 Å². The Morgan fingerprint density at radius 1 is 1.29 bits per heavy atom. The maximum absolute atomic E-state index is 9.11. The molecule has 0 unspecified atom stereocenters. The molecule has 0 amide bonds. The lowest BCUT2D eigenvalue weighted by Crippen LogP contribution is -1.93. The van der Waals surface area contributed by atoms with Gasteiger partial charge in [-0.05, 0) is 30.7 Å². The van der Waals surface area contributed by atoms with E-state index in [-0.39, 0.29) is 5.75 Å². The van der Waals surface area contributed by atoms with Crippen LogP contribution in [-0.2, 0) is 6.42 Å². The van der Waals surface area contributed by atoms with Crippen molar-refractivity contribution in [1.29, 1.82) is 0 Å². The summed E-state index contributed by atoms with van der Waals surface area (Å²) in [6.45, 7) is 2.03. The molecule has 0 aliphatic heterocycles. The first-order valence-electron chi connectivity index (χ1n) is 4.50. The van der Waals surface area contributed by atoms with Crippen LogP contribution in [-0.4, -0.2) is 20.1 Å². The molecule has 1 heterocycles. The van der Waals surface area contributed by atoms with Crippen LogP contribution in [0, 0.1) is 0 Å². The van der Waals surface area contributed by atoms with E-state index in [2.05, 4.69) is 10.3 Å². The number of phenols is 1. The molecule has 0 atom stereocenters. The Balaban J connectivity index is 2.34. The predicted molar refractivity (Wildman–Crippen MR) is 52.4 cm³/mol. The normalized spacial score (nSPS) is 10.4. The molecule has 0 aliphatic rings. The van der Waals surface area contributed by atoms with Gasteiger partial charge in [0, 0.05) is 0 Å². The van der Waals surface area contributed by atoms with Crippen LogP contribution in [0.4, 0.5) is 0 Å². The maximum atomic E-state index is 9.11. The van der Waals surface area contributed by atoms with Gasteiger partial charge in [-0.25, -0.2) is 4.68 Å². The van der Waals surface area contributed by atoms with Crippen molar-refractivity contribution in [2.75, 3.05) is 0 Å². The van der Waals surface area contributed by atoms with Crippen LogP contribution in [0.15, 0.2) is 30.5 Å². The summed E-state index contributed by atoms with van der Waals surface area (Å²) in [5.41, 5.74) is 1.85. The monoisotopic (exact) mass is 189 g/mol. The van der Waals surface area contributed by atoms with E-state index in [0.717, 1.165) is 17.8 Å². The summed E-state index contributed by atoms with van der Waals surface area (Å²) in [7, 11) is 0. The molecule has 0 radical (unpaired) electrons. The highest BCUT2D eigenvalue weighted by Crippen LogP contribution is 2.12. The van der Waals surface area contributed by atoms with Crippen molar-refractivity contribution in [2.24, 2.45) is 0 Å². The summed E-state index contributed by atoms with van der Waals surface area (Å²) < 4.78 is 1.69. The molecule has 14 heavy (non-hydrogen) atoms. The second kappa shape index (κ2) is 3.49. The number of aromatic nitrogens is 3. The summed E-state index contributed by atoms with van der Waals surface area (Å²) in [4.78, 5) is 0. The van der Waals surface area contributed by atoms with E-state index in [1.807, 2.05) is 13.1 Å². The highest BCUT2D eigenvalue weighted by Gasteiger charge is 2.00. The van der Waals surface area contributed by atoms with E-state index in [1.54, 1.807) is 28.9 Å². The molecule has 2 rings (SSSR count). The van der Waals surface area contributed by atoms with Crippen LogP contribution >= 0.6 is 0 Å². The Labute approximate surface area is 81.8 Å². The SMILES string of the molecule is CCc1cn(-c2ccc(O)cc2)nn1. The van der Waals surface area contributed by atoms with Crippen LogP contribution in [0.5, 0.6) is 5.75 Å². The Kier molecular flexibility index (Phi) is 2.18. The Morgan fingerprint density at radius 2 is 2.00 bits per heavy atom. The van der Waals surface area contributed by atoms with Crippen molar-refractivity contribution in [2.45, 2.75) is 13.3 Å². The number of hydrogen-bond donors (Lipinski definition) is 1. The van der Waals surface area contributed by atoms with Gasteiger partial charge in [0.2, 0.25) is 0 Å². The van der Waals surface area contributed by atoms with Gasteiger partial charge in [0.05, 0.1) is 17.6 Å². The Morgan fingerprint density at radius 3 is 2.57 bits per heavy atom. The molecule has 1 aromatic carbocycles. The maximum Gasteiger partial charge on any atom is 0.115 e. The summed E-state index contributed by atoms with van der Waals surface area (Å²) in [6.07, 6.45) is 2.75. The third kappa shape index (κ3) is 1.59. The zero-order chi connectivity index (χ0) is 9.97. The van der Waals surface area contributed by atoms with Crippen LogP contribution in [0.1, 0.15) is 12.6 Å². The zero-order valence-electron chi connectivity index (χ0n) is 7.88. The van der Waals surface area contributed by atoms with Crippen LogP contribution in [0.3, 0.4) is 0 Å². The molecule has 1 aromatic heterocycles. The Hall–Kier alpha value is -1.84. The first-order chi connectivity index (χ1) is 6.79. The minimum absolute atomic E-state index is 0.254. The minimum Gasteiger partial charge on any atom is -0.508 e. The predicted octanol–water partition coefficient (Wildman–Crippen LogP) is 1.54. The molecule has 2 aromatic rings. The average molecular weight is 189 g/mol. The smallest absolute Gasteiger partial charge is 0.115 e. The topological polar surface area (TPSA) is 50.9 Å². The van der Waals surface area contributed by atoms with E-state index in [9.17, 15) is 0 Å². The lowest BCUT2D eigenvalue weighted by molar-refractivity contribution is 0.475. The van der Waals surface area contributed by atoms with Gasteiger partial charge in [-0.3, -0.25) is 0 Å². The first-order valence-corrected chi connectivity index (χ1v) is 4.50. The lowest BCUT2D eigenvalue weighted by atomic mass is 10.3. The second-order valence-electron chi connectivity index (χ2n) is 3.02. The molecule has 0 bridgehead atoms. The number of benzene rings is 1. The fourth-order valence-electron chi connectivity index (χ4n) is 1.19. The van der Waals surface area contributed by atoms with E-state index < -0.39 is 0 Å². The molecule has 0 saturated heterocycles. The van der Waals surface area contributed by atoms with Gasteiger partial charge in [0.25, 0.3) is 0 Å². The third-order valence-corrected chi connectivity index (χ3v) is 2.02. The van der Waals surface area contributed by atoms with Crippen LogP contribution < -0.4 is 0 Å². The summed E-state index contributed by atoms with van der Waals surface area (Å²) >= 11 is 0. The number of aryl methyl sites for hydroxylation is 1. The minimum atomic E-state index is 0.254. The molecule has 0 fully saturated rings. The van der Waals surface area contributed by atoms with Gasteiger partial charge >= 0.3 is 0 Å². The molecule has 0 aliphatic carbocycles. The second-order valence-corrected chi connectivity index (χ2v) is 3.02. The fourth-order valence-corrected chi connectivity index (χ4v) is 1.19. The van der Waals surface area contributed by atoms with Crippen molar-refractivity contribution in [3.8, 4) is 11.4 Å². The zero-order valence-corrected chi connectivity index (χ0v) is 7.88. The van der Waals surface area contributed by atoms with Gasteiger partial charge in [-0.15, -0.1) is 5.10 Å². The van der Waals surface area contributed by atoms with Crippen molar-refractivity contribution >= 4 is 0 Å². The molecule has 1 N–H and O–H groups in total. The van der Waals surface area contributed by atoms with E-state index in [4.69, 9.17) is 5.11 Å². The Bertz CT molecular complexity index is 419. The first kappa shape index (κ1) is 8.74. The fraction of sp³-hybridized carbons (Fsp3) is 0.200. The molecule has 0 saturated carbocycles. The quantitative estimate of drug-likeness (QED) is 0.779. The number of rotatable bonds is 2. The molecule has 0 spiro atoms. The molecular weight excluding hydrogens is 178 g/mol. The molecule has 72 valence electrons. The summed E-state index contributed by atoms with van der Waals surface area (Å²) in [6, 6.07) is 6.85. The van der Waals surface area contributed by atoms with E-state index in [1.165, 1.54) is 0 Å². The van der Waals surface area contributed by atoms with Crippen molar-refractivity contribution < 1.29 is 5.11 Å². The summed E-state index contributed by atoms with van der Waals surface area (Å²) in [5, 5.41) is 17.1. The highest BCUT2D eigenvalue weighted by atomic mass is 16.3. The standard InChI is InChI=1S/C10H11N3O/c1-2-8-7-13(12-11-8)9-3-5-10(14)6-4-9/h3-7,14H,2H2,1H3. The molecule has 4 nitrogen and oxygen atoms in total. The number of phenolic OH excluding ortho intramolecular Hbond substituents is 1. The largest absolute Gasteiger partial charge is 0.508 e.